The van der Waals surface area contributed by atoms with Crippen LogP contribution in [0.4, 0.5) is 4.39 Å². The van der Waals surface area contributed by atoms with Gasteiger partial charge in [0, 0.05) is 6.04 Å². The van der Waals surface area contributed by atoms with Crippen LogP contribution in [0.25, 0.3) is 11.0 Å². The second-order valence-corrected chi connectivity index (χ2v) is 5.32. The van der Waals surface area contributed by atoms with Crippen LogP contribution < -0.4 is 5.73 Å². The van der Waals surface area contributed by atoms with Crippen molar-refractivity contribution < 1.29 is 4.39 Å². The molecule has 2 aromatic rings. The van der Waals surface area contributed by atoms with E-state index in [9.17, 15) is 4.39 Å². The predicted octanol–water partition coefficient (Wildman–Crippen LogP) is 3.95. The molecule has 104 valence electrons. The van der Waals surface area contributed by atoms with Crippen LogP contribution in [0.15, 0.2) is 18.2 Å². The fourth-order valence-electron chi connectivity index (χ4n) is 2.44. The number of halogens is 1. The van der Waals surface area contributed by atoms with Crippen LogP contribution in [0.3, 0.4) is 0 Å². The second-order valence-electron chi connectivity index (χ2n) is 5.32. The second kappa shape index (κ2) is 5.70. The van der Waals surface area contributed by atoms with Gasteiger partial charge in [-0.1, -0.05) is 19.8 Å². The Hall–Kier alpha value is -1.42. The highest BCUT2D eigenvalue weighted by atomic mass is 19.1. The average molecular weight is 263 g/mol. The van der Waals surface area contributed by atoms with E-state index in [4.69, 9.17) is 5.73 Å². The van der Waals surface area contributed by atoms with Crippen molar-refractivity contribution in [1.82, 2.24) is 9.55 Å². The summed E-state index contributed by atoms with van der Waals surface area (Å²) < 4.78 is 15.5. The quantitative estimate of drug-likeness (QED) is 0.887. The predicted molar refractivity (Wildman–Crippen MR) is 76.5 cm³/mol. The molecule has 1 atom stereocenters. The van der Waals surface area contributed by atoms with Crippen LogP contribution in [0, 0.1) is 5.82 Å². The molecule has 0 aliphatic rings. The molecule has 0 radical (unpaired) electrons. The number of imidazole rings is 1. The van der Waals surface area contributed by atoms with Gasteiger partial charge in [0.1, 0.15) is 11.6 Å². The minimum Gasteiger partial charge on any atom is -0.324 e. The molecule has 2 rings (SSSR count). The molecule has 1 heterocycles. The minimum atomic E-state index is -0.233. The number of benzene rings is 1. The molecular weight excluding hydrogens is 241 g/mol. The van der Waals surface area contributed by atoms with E-state index in [2.05, 4.69) is 30.3 Å². The summed E-state index contributed by atoms with van der Waals surface area (Å²) in [5.74, 6) is 0.632. The van der Waals surface area contributed by atoms with Crippen LogP contribution >= 0.6 is 0 Å². The summed E-state index contributed by atoms with van der Waals surface area (Å²) in [7, 11) is 0. The first-order chi connectivity index (χ1) is 9.04. The number of unbranched alkanes of at least 4 members (excludes halogenated alkanes) is 1. The zero-order valence-corrected chi connectivity index (χ0v) is 11.9. The molecule has 0 bridgehead atoms. The molecule has 0 fully saturated rings. The van der Waals surface area contributed by atoms with Gasteiger partial charge < -0.3 is 10.3 Å². The first-order valence-electron chi connectivity index (χ1n) is 6.97. The van der Waals surface area contributed by atoms with Gasteiger partial charge in [-0.25, -0.2) is 9.37 Å². The number of hydrogen-bond acceptors (Lipinski definition) is 2. The number of hydrogen-bond donors (Lipinski definition) is 1. The Morgan fingerprint density at radius 2 is 2.11 bits per heavy atom. The molecule has 2 N–H and O–H groups in total. The Kier molecular flexibility index (Phi) is 4.20. The summed E-state index contributed by atoms with van der Waals surface area (Å²) >= 11 is 0. The van der Waals surface area contributed by atoms with Gasteiger partial charge in [-0.05, 0) is 38.5 Å². The third-order valence-electron chi connectivity index (χ3n) is 3.40. The minimum absolute atomic E-state index is 0.0854. The molecule has 4 heteroatoms. The number of nitrogens with zero attached hydrogens (tertiary/aromatic N) is 2. The Morgan fingerprint density at radius 1 is 1.37 bits per heavy atom. The van der Waals surface area contributed by atoms with E-state index >= 15 is 0 Å². The molecular formula is C15H22FN3. The maximum Gasteiger partial charge on any atom is 0.127 e. The van der Waals surface area contributed by atoms with Crippen molar-refractivity contribution >= 4 is 11.0 Å². The molecule has 0 saturated heterocycles. The zero-order chi connectivity index (χ0) is 14.0. The third-order valence-corrected chi connectivity index (χ3v) is 3.40. The average Bonchev–Trinajstić information content (AvgIpc) is 2.74. The first kappa shape index (κ1) is 14.0. The summed E-state index contributed by atoms with van der Waals surface area (Å²) in [5, 5.41) is 0. The van der Waals surface area contributed by atoms with Crippen molar-refractivity contribution in [2.24, 2.45) is 5.73 Å². The van der Waals surface area contributed by atoms with Crippen molar-refractivity contribution in [3.63, 3.8) is 0 Å². The molecule has 0 aliphatic carbocycles. The van der Waals surface area contributed by atoms with Crippen molar-refractivity contribution in [3.05, 3.63) is 29.8 Å². The van der Waals surface area contributed by atoms with Gasteiger partial charge in [-0.3, -0.25) is 0 Å². The van der Waals surface area contributed by atoms with E-state index in [0.29, 0.717) is 0 Å². The SMILES string of the molecule is CCCCC(N)c1nc2ccc(F)cc2n1C(C)C. The van der Waals surface area contributed by atoms with Gasteiger partial charge in [0.05, 0.1) is 17.1 Å². The zero-order valence-electron chi connectivity index (χ0n) is 11.9. The first-order valence-corrected chi connectivity index (χ1v) is 6.97. The van der Waals surface area contributed by atoms with Gasteiger partial charge in [-0.2, -0.15) is 0 Å². The Bertz CT molecular complexity index is 560. The Balaban J connectivity index is 2.50. The van der Waals surface area contributed by atoms with Crippen LogP contribution in [0.1, 0.15) is 57.9 Å². The Labute approximate surface area is 113 Å². The maximum atomic E-state index is 13.4. The van der Waals surface area contributed by atoms with Crippen molar-refractivity contribution in [3.8, 4) is 0 Å². The van der Waals surface area contributed by atoms with Gasteiger partial charge >= 0.3 is 0 Å². The van der Waals surface area contributed by atoms with E-state index in [1.807, 2.05) is 0 Å². The topological polar surface area (TPSA) is 43.8 Å². The monoisotopic (exact) mass is 263 g/mol. The Morgan fingerprint density at radius 3 is 2.74 bits per heavy atom. The van der Waals surface area contributed by atoms with Crippen molar-refractivity contribution in [2.75, 3.05) is 0 Å². The number of aromatic nitrogens is 2. The number of rotatable bonds is 5. The van der Waals surface area contributed by atoms with E-state index < -0.39 is 0 Å². The number of fused-ring (bicyclic) bond motifs is 1. The summed E-state index contributed by atoms with van der Waals surface area (Å²) in [5.41, 5.74) is 7.89. The highest BCUT2D eigenvalue weighted by Gasteiger charge is 2.18. The smallest absolute Gasteiger partial charge is 0.127 e. The summed E-state index contributed by atoms with van der Waals surface area (Å²) in [6.45, 7) is 6.29. The fourth-order valence-corrected chi connectivity index (χ4v) is 2.44. The van der Waals surface area contributed by atoms with Crippen LogP contribution in [0.2, 0.25) is 0 Å². The van der Waals surface area contributed by atoms with E-state index in [-0.39, 0.29) is 17.9 Å². The van der Waals surface area contributed by atoms with Gasteiger partial charge in [0.2, 0.25) is 0 Å². The highest BCUT2D eigenvalue weighted by molar-refractivity contribution is 5.76. The molecule has 0 amide bonds. The molecule has 1 aromatic carbocycles. The van der Waals surface area contributed by atoms with Crippen LogP contribution in [0.5, 0.6) is 0 Å². The molecule has 1 unspecified atom stereocenters. The molecule has 1 aromatic heterocycles. The number of nitrogens with two attached hydrogens (primary N) is 1. The molecule has 0 aliphatic heterocycles. The van der Waals surface area contributed by atoms with Crippen LogP contribution in [-0.2, 0) is 0 Å². The normalized spacial score (nSPS) is 13.4. The maximum absolute atomic E-state index is 13.4. The lowest BCUT2D eigenvalue weighted by atomic mass is 10.1. The van der Waals surface area contributed by atoms with E-state index in [1.54, 1.807) is 12.1 Å². The largest absolute Gasteiger partial charge is 0.324 e. The summed E-state index contributed by atoms with van der Waals surface area (Å²) in [6.07, 6.45) is 3.11. The van der Waals surface area contributed by atoms with Gasteiger partial charge in [0.15, 0.2) is 0 Å². The lowest BCUT2D eigenvalue weighted by molar-refractivity contribution is 0.509. The molecule has 0 spiro atoms. The summed E-state index contributed by atoms with van der Waals surface area (Å²) in [6, 6.07) is 4.84. The molecule has 19 heavy (non-hydrogen) atoms. The van der Waals surface area contributed by atoms with E-state index in [1.165, 1.54) is 6.07 Å². The summed E-state index contributed by atoms with van der Waals surface area (Å²) in [4.78, 5) is 4.60. The van der Waals surface area contributed by atoms with Gasteiger partial charge in [0.25, 0.3) is 0 Å². The fraction of sp³-hybridized carbons (Fsp3) is 0.533. The highest BCUT2D eigenvalue weighted by Crippen LogP contribution is 2.26. The molecule has 0 saturated carbocycles. The third kappa shape index (κ3) is 2.78. The van der Waals surface area contributed by atoms with Gasteiger partial charge in [-0.15, -0.1) is 0 Å². The van der Waals surface area contributed by atoms with Crippen LogP contribution in [-0.4, -0.2) is 9.55 Å². The standard InChI is InChI=1S/C15H22FN3/c1-4-5-6-12(17)15-18-13-8-7-11(16)9-14(13)19(15)10(2)3/h7-10,12H,4-6,17H2,1-3H3. The lowest BCUT2D eigenvalue weighted by Gasteiger charge is -2.17. The lowest BCUT2D eigenvalue weighted by Crippen LogP contribution is -2.18. The van der Waals surface area contributed by atoms with Crippen molar-refractivity contribution in [1.29, 1.82) is 0 Å². The van der Waals surface area contributed by atoms with Crippen molar-refractivity contribution in [2.45, 2.75) is 52.1 Å². The molecule has 3 nitrogen and oxygen atoms in total. The van der Waals surface area contributed by atoms with E-state index in [0.717, 1.165) is 36.1 Å².